The van der Waals surface area contributed by atoms with E-state index in [0.717, 1.165) is 19.3 Å². The molecule has 0 atom stereocenters. The predicted molar refractivity (Wildman–Crippen MR) is 80.4 cm³/mol. The number of nitrogens with one attached hydrogen (secondary N) is 1. The first-order valence-electron chi connectivity index (χ1n) is 7.25. The number of carbonyl (C=O) groups is 2. The molecule has 116 valence electrons. The van der Waals surface area contributed by atoms with Crippen LogP contribution in [0.25, 0.3) is 0 Å². The summed E-state index contributed by atoms with van der Waals surface area (Å²) in [4.78, 5) is 23.3. The van der Waals surface area contributed by atoms with Gasteiger partial charge >= 0.3 is 5.97 Å². The van der Waals surface area contributed by atoms with Crippen molar-refractivity contribution in [3.63, 3.8) is 0 Å². The van der Waals surface area contributed by atoms with Gasteiger partial charge in [0, 0.05) is 12.1 Å². The van der Waals surface area contributed by atoms with Crippen LogP contribution in [0.5, 0.6) is 5.75 Å². The van der Waals surface area contributed by atoms with Crippen LogP contribution in [-0.2, 0) is 9.53 Å². The first-order chi connectivity index (χ1) is 10.2. The van der Waals surface area contributed by atoms with Crippen LogP contribution in [-0.4, -0.2) is 32.1 Å². The second-order valence-electron chi connectivity index (χ2n) is 4.67. The van der Waals surface area contributed by atoms with Crippen LogP contribution in [0.4, 0.5) is 0 Å². The summed E-state index contributed by atoms with van der Waals surface area (Å²) >= 11 is 0. The second kappa shape index (κ2) is 9.80. The van der Waals surface area contributed by atoms with E-state index in [4.69, 9.17) is 9.47 Å². The van der Waals surface area contributed by atoms with Crippen molar-refractivity contribution in [2.75, 3.05) is 20.3 Å². The van der Waals surface area contributed by atoms with E-state index in [9.17, 15) is 9.59 Å². The van der Waals surface area contributed by atoms with Crippen molar-refractivity contribution in [2.24, 2.45) is 0 Å². The molecule has 5 heteroatoms. The number of benzene rings is 1. The molecule has 1 amide bonds. The fourth-order valence-electron chi connectivity index (χ4n) is 1.75. The van der Waals surface area contributed by atoms with Gasteiger partial charge < -0.3 is 14.8 Å². The van der Waals surface area contributed by atoms with Crippen molar-refractivity contribution in [3.8, 4) is 5.75 Å². The third kappa shape index (κ3) is 6.79. The van der Waals surface area contributed by atoms with E-state index in [1.165, 1.54) is 0 Å². The Labute approximate surface area is 125 Å². The zero-order chi connectivity index (χ0) is 15.5. The molecule has 0 aliphatic rings. The van der Waals surface area contributed by atoms with Crippen molar-refractivity contribution in [3.05, 3.63) is 29.8 Å². The van der Waals surface area contributed by atoms with Crippen LogP contribution in [0.1, 0.15) is 43.0 Å². The highest BCUT2D eigenvalue weighted by atomic mass is 16.5. The van der Waals surface area contributed by atoms with E-state index in [-0.39, 0.29) is 24.8 Å². The third-order valence-electron chi connectivity index (χ3n) is 2.96. The van der Waals surface area contributed by atoms with E-state index < -0.39 is 0 Å². The number of unbranched alkanes of at least 4 members (excludes halogenated alkanes) is 2. The van der Waals surface area contributed by atoms with E-state index in [0.29, 0.717) is 17.9 Å². The van der Waals surface area contributed by atoms with Gasteiger partial charge in [0.1, 0.15) is 5.75 Å². The zero-order valence-electron chi connectivity index (χ0n) is 12.7. The molecule has 0 radical (unpaired) electrons. The van der Waals surface area contributed by atoms with E-state index in [1.807, 2.05) is 0 Å². The number of carbonyl (C=O) groups excluding carboxylic acids is 2. The molecule has 1 rings (SSSR count). The molecule has 21 heavy (non-hydrogen) atoms. The Hall–Kier alpha value is -2.04. The molecule has 0 bridgehead atoms. The molecule has 0 saturated heterocycles. The summed E-state index contributed by atoms with van der Waals surface area (Å²) in [6, 6.07) is 6.86. The minimum atomic E-state index is -0.281. The van der Waals surface area contributed by atoms with Crippen LogP contribution < -0.4 is 10.1 Å². The lowest BCUT2D eigenvalue weighted by atomic mass is 10.2. The molecule has 0 spiro atoms. The molecular weight excluding hydrogens is 270 g/mol. The standard InChI is InChI=1S/C16H23NO4/c1-3-4-5-11-21-15(18)9-10-17-16(19)13-7-6-8-14(12-13)20-2/h6-8,12H,3-5,9-11H2,1-2H3,(H,17,19). The summed E-state index contributed by atoms with van der Waals surface area (Å²) in [5.41, 5.74) is 0.505. The van der Waals surface area contributed by atoms with Gasteiger partial charge in [-0.05, 0) is 24.6 Å². The highest BCUT2D eigenvalue weighted by Gasteiger charge is 2.08. The molecule has 0 aliphatic carbocycles. The summed E-state index contributed by atoms with van der Waals surface area (Å²) in [5.74, 6) is 0.114. The Morgan fingerprint density at radius 2 is 2.05 bits per heavy atom. The van der Waals surface area contributed by atoms with Crippen molar-refractivity contribution < 1.29 is 19.1 Å². The molecule has 0 fully saturated rings. The lowest BCUT2D eigenvalue weighted by Crippen LogP contribution is -2.26. The summed E-state index contributed by atoms with van der Waals surface area (Å²) < 4.78 is 10.1. The van der Waals surface area contributed by atoms with E-state index in [1.54, 1.807) is 31.4 Å². The number of ether oxygens (including phenoxy) is 2. The third-order valence-corrected chi connectivity index (χ3v) is 2.96. The fraction of sp³-hybridized carbons (Fsp3) is 0.500. The molecule has 0 saturated carbocycles. The maximum atomic E-state index is 11.9. The Kier molecular flexibility index (Phi) is 7.94. The lowest BCUT2D eigenvalue weighted by Gasteiger charge is -2.07. The van der Waals surface area contributed by atoms with Crippen LogP contribution in [0.15, 0.2) is 24.3 Å². The molecule has 1 aromatic carbocycles. The molecule has 1 aromatic rings. The molecule has 5 nitrogen and oxygen atoms in total. The Morgan fingerprint density at radius 1 is 1.24 bits per heavy atom. The quantitative estimate of drug-likeness (QED) is 0.561. The normalized spacial score (nSPS) is 10.0. The van der Waals surface area contributed by atoms with Gasteiger partial charge in [0.05, 0.1) is 20.1 Å². The first-order valence-corrected chi connectivity index (χ1v) is 7.25. The van der Waals surface area contributed by atoms with Crippen LogP contribution in [0.2, 0.25) is 0 Å². The number of methoxy groups -OCH3 is 1. The topological polar surface area (TPSA) is 64.6 Å². The molecule has 0 aliphatic heterocycles. The van der Waals surface area contributed by atoms with Gasteiger partial charge in [0.25, 0.3) is 5.91 Å². The van der Waals surface area contributed by atoms with Gasteiger partial charge in [-0.3, -0.25) is 9.59 Å². The Morgan fingerprint density at radius 3 is 2.76 bits per heavy atom. The minimum Gasteiger partial charge on any atom is -0.497 e. The molecular formula is C16H23NO4. The number of esters is 1. The van der Waals surface area contributed by atoms with Gasteiger partial charge in [-0.1, -0.05) is 25.8 Å². The fourth-order valence-corrected chi connectivity index (χ4v) is 1.75. The zero-order valence-corrected chi connectivity index (χ0v) is 12.7. The maximum absolute atomic E-state index is 11.9. The summed E-state index contributed by atoms with van der Waals surface area (Å²) in [5, 5.41) is 2.69. The minimum absolute atomic E-state index is 0.182. The smallest absolute Gasteiger partial charge is 0.307 e. The highest BCUT2D eigenvalue weighted by molar-refractivity contribution is 5.94. The van der Waals surface area contributed by atoms with Gasteiger partial charge in [-0.25, -0.2) is 0 Å². The number of amides is 1. The summed E-state index contributed by atoms with van der Waals surface area (Å²) in [6.45, 7) is 2.81. The van der Waals surface area contributed by atoms with Gasteiger partial charge in [0.2, 0.25) is 0 Å². The van der Waals surface area contributed by atoms with Gasteiger partial charge in [0.15, 0.2) is 0 Å². The van der Waals surface area contributed by atoms with Gasteiger partial charge in [-0.2, -0.15) is 0 Å². The average molecular weight is 293 g/mol. The molecule has 0 unspecified atom stereocenters. The summed E-state index contributed by atoms with van der Waals surface area (Å²) in [6.07, 6.45) is 3.22. The Bertz CT molecular complexity index is 459. The monoisotopic (exact) mass is 293 g/mol. The van der Waals surface area contributed by atoms with E-state index in [2.05, 4.69) is 12.2 Å². The van der Waals surface area contributed by atoms with Crippen LogP contribution in [0, 0.1) is 0 Å². The van der Waals surface area contributed by atoms with E-state index >= 15 is 0 Å². The number of hydrogen-bond acceptors (Lipinski definition) is 4. The molecule has 1 N–H and O–H groups in total. The second-order valence-corrected chi connectivity index (χ2v) is 4.67. The van der Waals surface area contributed by atoms with Crippen LogP contribution in [0.3, 0.4) is 0 Å². The lowest BCUT2D eigenvalue weighted by molar-refractivity contribution is -0.143. The number of hydrogen-bond donors (Lipinski definition) is 1. The van der Waals surface area contributed by atoms with Crippen molar-refractivity contribution >= 4 is 11.9 Å². The number of rotatable bonds is 9. The van der Waals surface area contributed by atoms with Crippen molar-refractivity contribution in [1.29, 1.82) is 0 Å². The van der Waals surface area contributed by atoms with Crippen molar-refractivity contribution in [1.82, 2.24) is 5.32 Å². The highest BCUT2D eigenvalue weighted by Crippen LogP contribution is 2.12. The van der Waals surface area contributed by atoms with Crippen molar-refractivity contribution in [2.45, 2.75) is 32.6 Å². The van der Waals surface area contributed by atoms with Crippen LogP contribution >= 0.6 is 0 Å². The Balaban J connectivity index is 2.25. The van der Waals surface area contributed by atoms with Gasteiger partial charge in [-0.15, -0.1) is 0 Å². The summed E-state index contributed by atoms with van der Waals surface area (Å²) in [7, 11) is 1.55. The SMILES string of the molecule is CCCCCOC(=O)CCNC(=O)c1cccc(OC)c1. The maximum Gasteiger partial charge on any atom is 0.307 e. The predicted octanol–water partition coefficient (Wildman–Crippen LogP) is 2.55. The first kappa shape index (κ1) is 17.0. The largest absolute Gasteiger partial charge is 0.497 e. The molecule has 0 aromatic heterocycles. The molecule has 0 heterocycles. The average Bonchev–Trinajstić information content (AvgIpc) is 2.51.